The van der Waals surface area contributed by atoms with E-state index in [4.69, 9.17) is 5.73 Å². The highest BCUT2D eigenvalue weighted by Crippen LogP contribution is 2.25. The number of esters is 1. The average Bonchev–Trinajstić information content (AvgIpc) is 2.27. The minimum atomic E-state index is -1.08. The Hall–Kier alpha value is -0.900. The van der Waals surface area contributed by atoms with E-state index in [1.54, 1.807) is 0 Å². The van der Waals surface area contributed by atoms with Gasteiger partial charge in [-0.25, -0.2) is 4.79 Å². The zero-order valence-corrected chi connectivity index (χ0v) is 8.49. The molecule has 0 spiro atoms. The number of rotatable bonds is 3. The molecule has 1 atom stereocenters. The standard InChI is InChI=1S/C10H17NO3/c1-14-10(13)8(11)9(12)7-5-3-2-4-6-7/h7-8H,2-6,11H2,1H3/t8-/m1/s1. The van der Waals surface area contributed by atoms with Gasteiger partial charge < -0.3 is 10.5 Å². The van der Waals surface area contributed by atoms with Gasteiger partial charge in [0.2, 0.25) is 0 Å². The van der Waals surface area contributed by atoms with Gasteiger partial charge in [0.1, 0.15) is 0 Å². The quantitative estimate of drug-likeness (QED) is 0.535. The van der Waals surface area contributed by atoms with Crippen molar-refractivity contribution in [3.05, 3.63) is 0 Å². The molecule has 0 unspecified atom stereocenters. The molecular formula is C10H17NO3. The van der Waals surface area contributed by atoms with Crippen LogP contribution in [0.1, 0.15) is 32.1 Å². The fourth-order valence-electron chi connectivity index (χ4n) is 1.88. The van der Waals surface area contributed by atoms with Gasteiger partial charge in [0.15, 0.2) is 11.8 Å². The van der Waals surface area contributed by atoms with Crippen molar-refractivity contribution in [3.8, 4) is 0 Å². The van der Waals surface area contributed by atoms with Gasteiger partial charge in [-0.15, -0.1) is 0 Å². The van der Waals surface area contributed by atoms with Crippen LogP contribution in [0, 0.1) is 5.92 Å². The molecule has 0 saturated heterocycles. The van der Waals surface area contributed by atoms with Crippen LogP contribution >= 0.6 is 0 Å². The van der Waals surface area contributed by atoms with Crippen LogP contribution in [0.3, 0.4) is 0 Å². The van der Waals surface area contributed by atoms with E-state index in [1.807, 2.05) is 0 Å². The summed E-state index contributed by atoms with van der Waals surface area (Å²) in [5.41, 5.74) is 5.48. The summed E-state index contributed by atoms with van der Waals surface area (Å²) in [7, 11) is 1.25. The zero-order chi connectivity index (χ0) is 10.6. The van der Waals surface area contributed by atoms with Crippen LogP contribution < -0.4 is 5.73 Å². The number of methoxy groups -OCH3 is 1. The Morgan fingerprint density at radius 2 is 1.86 bits per heavy atom. The third kappa shape index (κ3) is 2.54. The molecule has 4 nitrogen and oxygen atoms in total. The van der Waals surface area contributed by atoms with Crippen molar-refractivity contribution in [1.29, 1.82) is 0 Å². The van der Waals surface area contributed by atoms with Crippen LogP contribution in [0.4, 0.5) is 0 Å². The lowest BCUT2D eigenvalue weighted by atomic mass is 9.84. The number of Topliss-reactive ketones (excluding diaryl/α,β-unsaturated/α-hetero) is 1. The number of ketones is 1. The van der Waals surface area contributed by atoms with Gasteiger partial charge in [-0.05, 0) is 12.8 Å². The maximum atomic E-state index is 11.7. The van der Waals surface area contributed by atoms with Gasteiger partial charge in [-0.1, -0.05) is 19.3 Å². The lowest BCUT2D eigenvalue weighted by molar-refractivity contribution is -0.146. The molecule has 14 heavy (non-hydrogen) atoms. The van der Waals surface area contributed by atoms with E-state index in [2.05, 4.69) is 4.74 Å². The molecule has 4 heteroatoms. The summed E-state index contributed by atoms with van der Waals surface area (Å²) in [6, 6.07) is -1.08. The summed E-state index contributed by atoms with van der Waals surface area (Å²) >= 11 is 0. The highest BCUT2D eigenvalue weighted by atomic mass is 16.5. The van der Waals surface area contributed by atoms with E-state index in [9.17, 15) is 9.59 Å². The van der Waals surface area contributed by atoms with Crippen molar-refractivity contribution in [2.24, 2.45) is 11.7 Å². The summed E-state index contributed by atoms with van der Waals surface area (Å²) in [5, 5.41) is 0. The first-order valence-corrected chi connectivity index (χ1v) is 5.04. The monoisotopic (exact) mass is 199 g/mol. The Morgan fingerprint density at radius 1 is 1.29 bits per heavy atom. The molecule has 0 aromatic heterocycles. The highest BCUT2D eigenvalue weighted by molar-refractivity contribution is 6.03. The van der Waals surface area contributed by atoms with Gasteiger partial charge in [0.25, 0.3) is 0 Å². The van der Waals surface area contributed by atoms with E-state index in [1.165, 1.54) is 13.5 Å². The van der Waals surface area contributed by atoms with Crippen molar-refractivity contribution in [2.45, 2.75) is 38.1 Å². The van der Waals surface area contributed by atoms with E-state index in [0.717, 1.165) is 25.7 Å². The molecule has 1 aliphatic carbocycles. The second-order valence-corrected chi connectivity index (χ2v) is 3.74. The van der Waals surface area contributed by atoms with E-state index < -0.39 is 12.0 Å². The molecule has 2 N–H and O–H groups in total. The van der Waals surface area contributed by atoms with E-state index in [0.29, 0.717) is 0 Å². The predicted molar refractivity (Wildman–Crippen MR) is 51.6 cm³/mol. The Morgan fingerprint density at radius 3 is 2.36 bits per heavy atom. The van der Waals surface area contributed by atoms with Crippen molar-refractivity contribution in [2.75, 3.05) is 7.11 Å². The van der Waals surface area contributed by atoms with Gasteiger partial charge in [-0.2, -0.15) is 0 Å². The molecule has 0 heterocycles. The van der Waals surface area contributed by atoms with Crippen LogP contribution in [0.5, 0.6) is 0 Å². The summed E-state index contributed by atoms with van der Waals surface area (Å²) in [6.45, 7) is 0. The molecule has 1 saturated carbocycles. The molecule has 0 aromatic rings. The summed E-state index contributed by atoms with van der Waals surface area (Å²) < 4.78 is 4.44. The lowest BCUT2D eigenvalue weighted by Gasteiger charge is -2.22. The Labute approximate surface area is 83.8 Å². The second kappa shape index (κ2) is 5.10. The topological polar surface area (TPSA) is 69.4 Å². The SMILES string of the molecule is COC(=O)[C@H](N)C(=O)C1CCCCC1. The van der Waals surface area contributed by atoms with Crippen LogP contribution in [-0.4, -0.2) is 24.9 Å². The van der Waals surface area contributed by atoms with Crippen LogP contribution in [0.2, 0.25) is 0 Å². The summed E-state index contributed by atoms with van der Waals surface area (Å²) in [5.74, 6) is -0.810. The minimum Gasteiger partial charge on any atom is -0.468 e. The van der Waals surface area contributed by atoms with Gasteiger partial charge in [0.05, 0.1) is 7.11 Å². The smallest absolute Gasteiger partial charge is 0.330 e. The molecule has 0 radical (unpaired) electrons. The second-order valence-electron chi connectivity index (χ2n) is 3.74. The van der Waals surface area contributed by atoms with Crippen molar-refractivity contribution < 1.29 is 14.3 Å². The maximum absolute atomic E-state index is 11.7. The number of hydrogen-bond donors (Lipinski definition) is 1. The molecule has 80 valence electrons. The van der Waals surface area contributed by atoms with Crippen LogP contribution in [-0.2, 0) is 14.3 Å². The van der Waals surface area contributed by atoms with Crippen molar-refractivity contribution >= 4 is 11.8 Å². The third-order valence-electron chi connectivity index (χ3n) is 2.77. The first-order valence-electron chi connectivity index (χ1n) is 5.04. The first-order chi connectivity index (χ1) is 6.66. The molecule has 1 aliphatic rings. The minimum absolute atomic E-state index is 0.0298. The van der Waals surface area contributed by atoms with Crippen molar-refractivity contribution in [3.63, 3.8) is 0 Å². The zero-order valence-electron chi connectivity index (χ0n) is 8.49. The van der Waals surface area contributed by atoms with E-state index in [-0.39, 0.29) is 11.7 Å². The highest BCUT2D eigenvalue weighted by Gasteiger charge is 2.30. The van der Waals surface area contributed by atoms with E-state index >= 15 is 0 Å². The Kier molecular flexibility index (Phi) is 4.07. The summed E-state index contributed by atoms with van der Waals surface area (Å²) in [4.78, 5) is 22.7. The number of nitrogens with two attached hydrogens (primary N) is 1. The number of ether oxygens (including phenoxy) is 1. The number of carbonyl (C=O) groups excluding carboxylic acids is 2. The Balaban J connectivity index is 2.50. The normalized spacial score (nSPS) is 20.1. The van der Waals surface area contributed by atoms with Crippen LogP contribution in [0.15, 0.2) is 0 Å². The van der Waals surface area contributed by atoms with Crippen molar-refractivity contribution in [1.82, 2.24) is 0 Å². The molecular weight excluding hydrogens is 182 g/mol. The summed E-state index contributed by atoms with van der Waals surface area (Å²) in [6.07, 6.45) is 5.03. The molecule has 0 bridgehead atoms. The number of hydrogen-bond acceptors (Lipinski definition) is 4. The van der Waals surface area contributed by atoms with Gasteiger partial charge in [0, 0.05) is 5.92 Å². The predicted octanol–water partition coefficient (Wildman–Crippen LogP) is 0.636. The molecule has 0 amide bonds. The Bertz CT molecular complexity index is 221. The van der Waals surface area contributed by atoms with Gasteiger partial charge >= 0.3 is 5.97 Å². The molecule has 1 fully saturated rings. The average molecular weight is 199 g/mol. The lowest BCUT2D eigenvalue weighted by Crippen LogP contribution is -2.43. The third-order valence-corrected chi connectivity index (χ3v) is 2.77. The van der Waals surface area contributed by atoms with Gasteiger partial charge in [-0.3, -0.25) is 4.79 Å². The van der Waals surface area contributed by atoms with Crippen LogP contribution in [0.25, 0.3) is 0 Å². The maximum Gasteiger partial charge on any atom is 0.330 e. The largest absolute Gasteiger partial charge is 0.468 e. The fourth-order valence-corrected chi connectivity index (χ4v) is 1.88. The first kappa shape index (κ1) is 11.2. The number of carbonyl (C=O) groups is 2. The molecule has 0 aromatic carbocycles. The molecule has 0 aliphatic heterocycles. The fraction of sp³-hybridized carbons (Fsp3) is 0.800. The molecule has 1 rings (SSSR count).